The fourth-order valence-electron chi connectivity index (χ4n) is 2.76. The van der Waals surface area contributed by atoms with Crippen LogP contribution in [0.15, 0.2) is 72.8 Å². The minimum absolute atomic E-state index is 0.618. The molecule has 0 aliphatic carbocycles. The van der Waals surface area contributed by atoms with Crippen molar-refractivity contribution in [1.29, 1.82) is 0 Å². The topological polar surface area (TPSA) is 51.2 Å². The fraction of sp³-hybridized carbons (Fsp3) is 0. The normalized spacial score (nSPS) is 10.4. The van der Waals surface area contributed by atoms with Crippen LogP contribution >= 0.6 is 0 Å². The molecule has 3 aromatic carbocycles. The summed E-state index contributed by atoms with van der Waals surface area (Å²) in [5.41, 5.74) is 1.85. The molecule has 3 aromatic rings. The molecule has 0 aromatic heterocycles. The van der Waals surface area contributed by atoms with Crippen molar-refractivity contribution in [3.8, 4) is 0 Å². The third-order valence-corrected chi connectivity index (χ3v) is 11.5. The standard InChI is InChI=1S/3C7H5O.Sb/c3*8-6-7-4-2-1-3-5-7;/h3*1-4,6H;. The Morgan fingerprint density at radius 1 is 0.480 bits per heavy atom. The van der Waals surface area contributed by atoms with E-state index in [0.717, 1.165) is 29.4 Å². The molecule has 0 aliphatic rings. The molecule has 0 N–H and O–H groups in total. The zero-order valence-corrected chi connectivity index (χ0v) is 15.9. The van der Waals surface area contributed by atoms with Crippen LogP contribution in [0.2, 0.25) is 0 Å². The van der Waals surface area contributed by atoms with E-state index < -0.39 is 20.2 Å². The van der Waals surface area contributed by atoms with Crippen LogP contribution in [-0.2, 0) is 0 Å². The average molecular weight is 437 g/mol. The second-order valence-corrected chi connectivity index (χ2v) is 11.4. The Labute approximate surface area is 153 Å². The second-order valence-electron chi connectivity index (χ2n) is 5.37. The summed E-state index contributed by atoms with van der Waals surface area (Å²) < 4.78 is 2.84. The number of hydrogen-bond donors (Lipinski definition) is 0. The predicted octanol–water partition coefficient (Wildman–Crippen LogP) is 1.64. The summed E-state index contributed by atoms with van der Waals surface area (Å²) in [7, 11) is 0. The van der Waals surface area contributed by atoms with Crippen LogP contribution in [0.4, 0.5) is 0 Å². The summed E-state index contributed by atoms with van der Waals surface area (Å²) in [4.78, 5) is 34.8. The number of rotatable bonds is 6. The van der Waals surface area contributed by atoms with Gasteiger partial charge in [0.25, 0.3) is 0 Å². The van der Waals surface area contributed by atoms with Crippen molar-refractivity contribution in [3.05, 3.63) is 89.5 Å². The Bertz CT molecular complexity index is 811. The molecule has 0 bridgehead atoms. The van der Waals surface area contributed by atoms with Gasteiger partial charge in [0.1, 0.15) is 0 Å². The number of carbonyl (C=O) groups is 3. The van der Waals surface area contributed by atoms with Crippen LogP contribution in [0.25, 0.3) is 0 Å². The zero-order valence-electron chi connectivity index (χ0n) is 13.3. The molecule has 4 heteroatoms. The Kier molecular flexibility index (Phi) is 5.57. The van der Waals surface area contributed by atoms with Crippen LogP contribution in [0.5, 0.6) is 0 Å². The molecular weight excluding hydrogens is 422 g/mol. The van der Waals surface area contributed by atoms with E-state index in [9.17, 15) is 14.4 Å². The van der Waals surface area contributed by atoms with Gasteiger partial charge in [0.05, 0.1) is 0 Å². The molecule has 3 nitrogen and oxygen atoms in total. The van der Waals surface area contributed by atoms with E-state index in [1.807, 2.05) is 54.6 Å². The first-order valence-electron chi connectivity index (χ1n) is 7.73. The molecule has 0 amide bonds. The molecule has 25 heavy (non-hydrogen) atoms. The van der Waals surface area contributed by atoms with Crippen LogP contribution in [0.1, 0.15) is 31.1 Å². The molecule has 0 aliphatic heterocycles. The molecule has 0 heterocycles. The van der Waals surface area contributed by atoms with Crippen molar-refractivity contribution in [3.63, 3.8) is 0 Å². The molecule has 0 spiro atoms. The average Bonchev–Trinajstić information content (AvgIpc) is 2.69. The van der Waals surface area contributed by atoms with E-state index in [1.165, 1.54) is 0 Å². The van der Waals surface area contributed by atoms with Gasteiger partial charge >= 0.3 is 153 Å². The van der Waals surface area contributed by atoms with Gasteiger partial charge < -0.3 is 0 Å². The van der Waals surface area contributed by atoms with Crippen molar-refractivity contribution >= 4 is 49.6 Å². The number of aldehydes is 3. The van der Waals surface area contributed by atoms with Gasteiger partial charge in [0.15, 0.2) is 0 Å². The zero-order chi connectivity index (χ0) is 17.6. The molecule has 3 rings (SSSR count). The van der Waals surface area contributed by atoms with Gasteiger partial charge in [-0.25, -0.2) is 0 Å². The fourth-order valence-corrected chi connectivity index (χ4v) is 10.3. The van der Waals surface area contributed by atoms with E-state index in [4.69, 9.17) is 0 Å². The first kappa shape index (κ1) is 17.3. The van der Waals surface area contributed by atoms with Gasteiger partial charge in [-0.05, 0) is 0 Å². The van der Waals surface area contributed by atoms with Crippen LogP contribution in [-0.4, -0.2) is 39.1 Å². The van der Waals surface area contributed by atoms with Crippen molar-refractivity contribution in [2.24, 2.45) is 0 Å². The molecule has 0 saturated carbocycles. The van der Waals surface area contributed by atoms with Crippen LogP contribution < -0.4 is 10.5 Å². The molecule has 0 fully saturated rings. The predicted molar refractivity (Wildman–Crippen MR) is 100 cm³/mol. The van der Waals surface area contributed by atoms with Gasteiger partial charge in [-0.1, -0.05) is 0 Å². The maximum absolute atomic E-state index is 11.6. The van der Waals surface area contributed by atoms with Gasteiger partial charge in [-0.15, -0.1) is 0 Å². The summed E-state index contributed by atoms with van der Waals surface area (Å²) in [6, 6.07) is 22.3. The second kappa shape index (κ2) is 8.04. The van der Waals surface area contributed by atoms with Crippen molar-refractivity contribution in [2.45, 2.75) is 0 Å². The van der Waals surface area contributed by atoms with Crippen molar-refractivity contribution in [2.75, 3.05) is 0 Å². The summed E-state index contributed by atoms with van der Waals surface area (Å²) in [5, 5.41) is 0. The monoisotopic (exact) mass is 436 g/mol. The third-order valence-electron chi connectivity index (χ3n) is 3.91. The first-order chi connectivity index (χ1) is 12.3. The Morgan fingerprint density at radius 3 is 1.04 bits per heavy atom. The molecular formula is C21H15O3Sb. The Balaban J connectivity index is 2.34. The number of carbonyl (C=O) groups excluding carboxylic acids is 3. The van der Waals surface area contributed by atoms with Crippen molar-refractivity contribution < 1.29 is 14.4 Å². The van der Waals surface area contributed by atoms with E-state index in [2.05, 4.69) is 0 Å². The van der Waals surface area contributed by atoms with Gasteiger partial charge in [0.2, 0.25) is 0 Å². The van der Waals surface area contributed by atoms with Crippen molar-refractivity contribution in [1.82, 2.24) is 0 Å². The summed E-state index contributed by atoms with van der Waals surface area (Å²) in [6.45, 7) is 0. The quantitative estimate of drug-likeness (QED) is 0.436. The molecule has 0 atom stereocenters. The van der Waals surface area contributed by atoms with Crippen LogP contribution in [0.3, 0.4) is 0 Å². The number of benzene rings is 3. The molecule has 0 unspecified atom stereocenters. The summed E-state index contributed by atoms with van der Waals surface area (Å²) in [5.74, 6) is 0. The SMILES string of the molecule is O=Cc1cccc[c]1[Sb]([c]1ccccc1C=O)[c]1ccccc1C=O. The molecule has 0 radical (unpaired) electrons. The third kappa shape index (κ3) is 3.47. The molecule has 122 valence electrons. The molecule has 0 saturated heterocycles. The van der Waals surface area contributed by atoms with E-state index in [0.29, 0.717) is 16.7 Å². The summed E-state index contributed by atoms with van der Waals surface area (Å²) in [6.07, 6.45) is 2.54. The minimum atomic E-state index is -2.75. The first-order valence-corrected chi connectivity index (χ1v) is 11.6. The van der Waals surface area contributed by atoms with Gasteiger partial charge in [-0.2, -0.15) is 0 Å². The maximum atomic E-state index is 11.6. The summed E-state index contributed by atoms with van der Waals surface area (Å²) >= 11 is -2.75. The van der Waals surface area contributed by atoms with E-state index in [1.54, 1.807) is 18.2 Å². The van der Waals surface area contributed by atoms with E-state index in [-0.39, 0.29) is 0 Å². The number of hydrogen-bond acceptors (Lipinski definition) is 3. The van der Waals surface area contributed by atoms with E-state index >= 15 is 0 Å². The van der Waals surface area contributed by atoms with Crippen LogP contribution in [0, 0.1) is 0 Å². The Morgan fingerprint density at radius 2 is 0.760 bits per heavy atom. The van der Waals surface area contributed by atoms with Gasteiger partial charge in [0, 0.05) is 0 Å². The Hall–Kier alpha value is -2.51. The van der Waals surface area contributed by atoms with Gasteiger partial charge in [-0.3, -0.25) is 0 Å².